The molecule has 76 heavy (non-hydrogen) atoms. The van der Waals surface area contributed by atoms with Gasteiger partial charge in [0.15, 0.2) is 0 Å². The van der Waals surface area contributed by atoms with E-state index in [0.717, 1.165) is 0 Å². The Morgan fingerprint density at radius 1 is 0.526 bits per heavy atom. The molecule has 4 atom stereocenters. The van der Waals surface area contributed by atoms with Gasteiger partial charge >= 0.3 is 0 Å². The van der Waals surface area contributed by atoms with Crippen LogP contribution < -0.4 is 31.9 Å². The molecule has 2 aliphatic heterocycles. The molecule has 4 aromatic carbocycles. The lowest BCUT2D eigenvalue weighted by Gasteiger charge is -2.36. The summed E-state index contributed by atoms with van der Waals surface area (Å²) >= 11 is 0. The lowest BCUT2D eigenvalue weighted by atomic mass is 9.69. The quantitative estimate of drug-likeness (QED) is 0.0807. The van der Waals surface area contributed by atoms with Crippen LogP contribution in [0.1, 0.15) is 116 Å². The smallest absolute Gasteiger partial charge is 0.272 e. The van der Waals surface area contributed by atoms with Crippen LogP contribution in [0, 0.1) is 46.1 Å². The van der Waals surface area contributed by atoms with E-state index in [0.29, 0.717) is 61.0 Å². The number of benzene rings is 4. The third-order valence-electron chi connectivity index (χ3n) is 14.8. The zero-order valence-electron chi connectivity index (χ0n) is 44.6. The van der Waals surface area contributed by atoms with E-state index < -0.39 is 82.1 Å². The molecule has 0 unspecified atom stereocenters. The number of nitrogens with zero attached hydrogens (tertiary/aromatic N) is 4. The number of benzodiazepines with no additional fused rings is 2. The summed E-state index contributed by atoms with van der Waals surface area (Å²) in [4.78, 5) is 93.6. The maximum atomic E-state index is 15.0. The third-order valence-corrected chi connectivity index (χ3v) is 14.8. The Hall–Kier alpha value is -7.62. The van der Waals surface area contributed by atoms with Crippen molar-refractivity contribution in [2.45, 2.75) is 118 Å². The molecule has 0 fully saturated rings. The number of allylic oxidation sites excluding steroid dienone is 4. The van der Waals surface area contributed by atoms with Crippen LogP contribution in [0.25, 0.3) is 0 Å². The number of rotatable bonds is 16. The minimum Gasteiger partial charge on any atom is -0.369 e. The molecular formula is C60H70F2N8O6. The second-order valence-electron chi connectivity index (χ2n) is 21.5. The first-order valence-electron chi connectivity index (χ1n) is 26.1. The first kappa shape index (κ1) is 56.1. The third kappa shape index (κ3) is 11.3. The molecule has 2 aliphatic carbocycles. The maximum Gasteiger partial charge on any atom is 0.272 e. The van der Waals surface area contributed by atoms with Gasteiger partial charge in [-0.3, -0.25) is 28.8 Å². The highest BCUT2D eigenvalue weighted by atomic mass is 19.1. The molecule has 8 rings (SSSR count). The molecule has 0 spiro atoms. The van der Waals surface area contributed by atoms with Gasteiger partial charge in [0.1, 0.15) is 11.6 Å². The van der Waals surface area contributed by atoms with Gasteiger partial charge in [0, 0.05) is 34.3 Å². The van der Waals surface area contributed by atoms with Gasteiger partial charge in [-0.1, -0.05) is 113 Å². The van der Waals surface area contributed by atoms with Crippen molar-refractivity contribution in [1.29, 1.82) is 0 Å². The Bertz CT molecular complexity index is 2780. The molecule has 0 aromatic heterocycles. The Morgan fingerprint density at radius 3 is 1.12 bits per heavy atom. The maximum absolute atomic E-state index is 15.0. The highest BCUT2D eigenvalue weighted by molar-refractivity contribution is 6.21. The lowest BCUT2D eigenvalue weighted by Crippen LogP contribution is -2.54. The Labute approximate surface area is 444 Å². The highest BCUT2D eigenvalue weighted by Gasteiger charge is 2.51. The molecule has 14 nitrogen and oxygen atoms in total. The van der Waals surface area contributed by atoms with Crippen LogP contribution in [-0.2, 0) is 28.8 Å². The van der Waals surface area contributed by atoms with Crippen molar-refractivity contribution in [2.24, 2.45) is 56.0 Å². The van der Waals surface area contributed by atoms with E-state index in [9.17, 15) is 28.8 Å². The Morgan fingerprint density at radius 2 is 0.829 bits per heavy atom. The number of anilines is 2. The van der Waals surface area contributed by atoms with E-state index in [-0.39, 0.29) is 46.5 Å². The average Bonchev–Trinajstić information content (AvgIpc) is 4.05. The highest BCUT2D eigenvalue weighted by Crippen LogP contribution is 2.45. The van der Waals surface area contributed by atoms with E-state index in [4.69, 9.17) is 11.5 Å². The van der Waals surface area contributed by atoms with Crippen LogP contribution in [0.3, 0.4) is 0 Å². The topological polar surface area (TPSA) is 210 Å². The number of amides is 6. The fourth-order valence-corrected chi connectivity index (χ4v) is 11.0. The van der Waals surface area contributed by atoms with Crippen LogP contribution in [0.2, 0.25) is 0 Å². The van der Waals surface area contributed by atoms with Crippen LogP contribution >= 0.6 is 0 Å². The summed E-state index contributed by atoms with van der Waals surface area (Å²) in [7, 11) is 0. The molecule has 400 valence electrons. The number of halogens is 2. The number of nitrogens with one attached hydrogen (secondary N) is 2. The number of para-hydroxylation sites is 2. The molecule has 2 heterocycles. The van der Waals surface area contributed by atoms with Crippen LogP contribution in [0.5, 0.6) is 0 Å². The van der Waals surface area contributed by atoms with Crippen molar-refractivity contribution in [1.82, 2.24) is 10.6 Å². The molecule has 6 amide bonds. The van der Waals surface area contributed by atoms with E-state index in [2.05, 4.69) is 20.6 Å². The second-order valence-corrected chi connectivity index (χ2v) is 21.5. The number of hydrogen-bond donors (Lipinski definition) is 4. The van der Waals surface area contributed by atoms with Gasteiger partial charge < -0.3 is 31.9 Å². The van der Waals surface area contributed by atoms with Crippen molar-refractivity contribution in [3.05, 3.63) is 155 Å². The molecule has 16 heteroatoms. The molecule has 0 saturated carbocycles. The summed E-state index contributed by atoms with van der Waals surface area (Å²) in [6.07, 6.45) is 7.10. The Kier molecular flexibility index (Phi) is 17.4. The molecular weight excluding hydrogens is 967 g/mol. The van der Waals surface area contributed by atoms with E-state index in [1.165, 1.54) is 12.1 Å². The number of nitrogens with two attached hydrogens (primary N) is 2. The predicted octanol–water partition coefficient (Wildman–Crippen LogP) is 8.69. The zero-order chi connectivity index (χ0) is 55.2. The number of aliphatic imine (C=N–C) groups is 2. The largest absolute Gasteiger partial charge is 0.369 e. The fourth-order valence-electron chi connectivity index (χ4n) is 11.0. The summed E-state index contributed by atoms with van der Waals surface area (Å²) in [6, 6.07) is 26.3. The summed E-state index contributed by atoms with van der Waals surface area (Å²) in [5.41, 5.74) is 12.9. The van der Waals surface area contributed by atoms with Gasteiger partial charge in [-0.15, -0.1) is 0 Å². The van der Waals surface area contributed by atoms with Crippen molar-refractivity contribution in [3.63, 3.8) is 0 Å². The molecule has 4 aromatic rings. The lowest BCUT2D eigenvalue weighted by molar-refractivity contribution is -0.141. The van der Waals surface area contributed by atoms with Gasteiger partial charge in [0.25, 0.3) is 11.8 Å². The van der Waals surface area contributed by atoms with Gasteiger partial charge in [0.05, 0.1) is 45.5 Å². The van der Waals surface area contributed by atoms with Crippen molar-refractivity contribution >= 4 is 58.2 Å². The number of primary amides is 2. The number of carbonyl (C=O) groups is 6. The standard InChI is InChI=1S/2C30H35FN4O3/c2*1-18(2)17-22(30(29(32)38)15-9-10-16-30)27(36)34-26-28(37)35(19(3)4)24-14-8-6-12-21(24)25(33-26)20-11-5-7-13-23(20)31/h2*5-14,18-19,22,26H,15-17H2,1-4H3,(H2,32,38)(H,34,36)/t22-,26+;22-,26-/m00/s1. The first-order chi connectivity index (χ1) is 36.1. The Balaban J connectivity index is 0.000000221. The van der Waals surface area contributed by atoms with Gasteiger partial charge in [0.2, 0.25) is 36.0 Å². The van der Waals surface area contributed by atoms with E-state index in [1.807, 2.05) is 91.8 Å². The van der Waals surface area contributed by atoms with Crippen molar-refractivity contribution < 1.29 is 37.5 Å². The normalized spacial score (nSPS) is 19.2. The predicted molar refractivity (Wildman–Crippen MR) is 292 cm³/mol. The minimum atomic E-state index is -1.32. The van der Waals surface area contributed by atoms with Gasteiger partial charge in [-0.05, 0) is 114 Å². The van der Waals surface area contributed by atoms with Crippen LogP contribution in [0.4, 0.5) is 20.2 Å². The van der Waals surface area contributed by atoms with E-state index >= 15 is 8.78 Å². The summed E-state index contributed by atoms with van der Waals surface area (Å²) in [5.74, 6) is -5.18. The summed E-state index contributed by atoms with van der Waals surface area (Å²) in [5, 5.41) is 5.67. The minimum absolute atomic E-state index is 0.0984. The van der Waals surface area contributed by atoms with E-state index in [1.54, 1.807) is 82.6 Å². The summed E-state index contributed by atoms with van der Waals surface area (Å²) in [6.45, 7) is 15.4. The molecule has 0 saturated heterocycles. The van der Waals surface area contributed by atoms with Gasteiger partial charge in [-0.25, -0.2) is 18.8 Å². The van der Waals surface area contributed by atoms with Gasteiger partial charge in [-0.2, -0.15) is 0 Å². The number of hydrogen-bond acceptors (Lipinski definition) is 8. The fraction of sp³-hybridized carbons (Fsp3) is 0.400. The molecule has 4 aliphatic rings. The van der Waals surface area contributed by atoms with Crippen LogP contribution in [-0.4, -0.2) is 71.3 Å². The number of carbonyl (C=O) groups excluding carboxylic acids is 6. The molecule has 0 radical (unpaired) electrons. The van der Waals surface area contributed by atoms with Crippen molar-refractivity contribution in [3.8, 4) is 0 Å². The van der Waals surface area contributed by atoms with Crippen molar-refractivity contribution in [2.75, 3.05) is 9.80 Å². The second kappa shape index (κ2) is 23.5. The first-order valence-corrected chi connectivity index (χ1v) is 26.1. The summed E-state index contributed by atoms with van der Waals surface area (Å²) < 4.78 is 30.1. The number of fused-ring (bicyclic) bond motifs is 2. The van der Waals surface area contributed by atoms with Crippen LogP contribution in [0.15, 0.2) is 131 Å². The molecule has 6 N–H and O–H groups in total. The monoisotopic (exact) mass is 1040 g/mol. The zero-order valence-corrected chi connectivity index (χ0v) is 44.6. The average molecular weight is 1040 g/mol. The SMILES string of the molecule is CC(C)C[C@@H](C(=O)N[C@@H]1N=C(c2ccccc2F)c2ccccc2N(C(C)C)C1=O)C1(C(N)=O)CC=CC1.CC(C)C[C@@H](C(=O)N[C@H]1N=C(c2ccccc2F)c2ccccc2N(C(C)C)C1=O)C1(C(N)=O)CC=CC1. The molecule has 0 bridgehead atoms.